The molecule has 0 aliphatic heterocycles. The van der Waals surface area contributed by atoms with Gasteiger partial charge in [-0.3, -0.25) is 4.79 Å². The van der Waals surface area contributed by atoms with Crippen LogP contribution < -0.4 is 5.32 Å². The molecular formula is C28H23ClN4O. The first-order chi connectivity index (χ1) is 16.4. The van der Waals surface area contributed by atoms with Crippen LogP contribution in [0.15, 0.2) is 90.6 Å². The van der Waals surface area contributed by atoms with E-state index >= 15 is 0 Å². The number of nitrogens with zero attached hydrogens (tertiary/aromatic N) is 3. The summed E-state index contributed by atoms with van der Waals surface area (Å²) in [6.07, 6.45) is 3.37. The molecule has 3 aromatic carbocycles. The molecular weight excluding hydrogens is 444 g/mol. The first-order valence-corrected chi connectivity index (χ1v) is 11.3. The second kappa shape index (κ2) is 10.2. The molecule has 0 saturated heterocycles. The molecule has 0 spiro atoms. The molecule has 1 amide bonds. The Hall–Kier alpha value is -4.14. The van der Waals surface area contributed by atoms with Crippen molar-refractivity contribution in [2.75, 3.05) is 5.32 Å². The van der Waals surface area contributed by atoms with Crippen molar-refractivity contribution in [3.8, 4) is 23.0 Å². The Bertz CT molecular complexity index is 1360. The first-order valence-electron chi connectivity index (χ1n) is 10.9. The van der Waals surface area contributed by atoms with Crippen LogP contribution in [0, 0.1) is 11.3 Å². The van der Waals surface area contributed by atoms with Crippen molar-refractivity contribution in [3.05, 3.63) is 107 Å². The molecule has 6 heteroatoms. The Kier molecular flexibility index (Phi) is 6.91. The fraction of sp³-hybridized carbons (Fsp3) is 0.107. The third kappa shape index (κ3) is 5.25. The van der Waals surface area contributed by atoms with Crippen molar-refractivity contribution in [1.82, 2.24) is 9.78 Å². The van der Waals surface area contributed by atoms with Gasteiger partial charge in [-0.05, 0) is 54.0 Å². The highest BCUT2D eigenvalue weighted by molar-refractivity contribution is 6.30. The molecule has 0 aliphatic rings. The summed E-state index contributed by atoms with van der Waals surface area (Å²) in [5, 5.41) is 17.9. The van der Waals surface area contributed by atoms with Crippen molar-refractivity contribution >= 4 is 29.3 Å². The summed E-state index contributed by atoms with van der Waals surface area (Å²) in [6, 6.07) is 26.6. The lowest BCUT2D eigenvalue weighted by molar-refractivity contribution is -0.112. The molecule has 1 N–H and O–H groups in total. The lowest BCUT2D eigenvalue weighted by Gasteiger charge is -2.08. The molecule has 0 unspecified atom stereocenters. The molecule has 0 aliphatic carbocycles. The van der Waals surface area contributed by atoms with Crippen LogP contribution in [0.25, 0.3) is 23.0 Å². The topological polar surface area (TPSA) is 70.7 Å². The molecule has 4 rings (SSSR count). The lowest BCUT2D eigenvalue weighted by atomic mass is 10.0. The number of hydrogen-bond donors (Lipinski definition) is 1. The minimum atomic E-state index is -0.477. The van der Waals surface area contributed by atoms with Crippen molar-refractivity contribution in [1.29, 1.82) is 5.26 Å². The van der Waals surface area contributed by atoms with Crippen LogP contribution in [0.3, 0.4) is 0 Å². The summed E-state index contributed by atoms with van der Waals surface area (Å²) < 4.78 is 1.73. The summed E-state index contributed by atoms with van der Waals surface area (Å²) >= 11 is 6.06. The van der Waals surface area contributed by atoms with Crippen LogP contribution in [0.5, 0.6) is 0 Å². The zero-order valence-electron chi connectivity index (χ0n) is 18.9. The van der Waals surface area contributed by atoms with Crippen molar-refractivity contribution < 1.29 is 4.79 Å². The standard InChI is InChI=1S/C28H23ClN4O/c1-19(2)20-10-14-25(15-11-20)31-28(34)22(17-30)16-23-18-33(26-6-4-3-5-7-26)32-27(23)21-8-12-24(29)13-9-21/h3-16,18-19H,1-2H3,(H,31,34)/b22-16+. The quantitative estimate of drug-likeness (QED) is 0.249. The molecule has 4 aromatic rings. The Morgan fingerprint density at radius 2 is 1.71 bits per heavy atom. The number of rotatable bonds is 6. The van der Waals surface area contributed by atoms with Gasteiger partial charge in [-0.15, -0.1) is 0 Å². The van der Waals surface area contributed by atoms with Gasteiger partial charge >= 0.3 is 0 Å². The maximum Gasteiger partial charge on any atom is 0.266 e. The van der Waals surface area contributed by atoms with Crippen LogP contribution in [-0.4, -0.2) is 15.7 Å². The van der Waals surface area contributed by atoms with Crippen LogP contribution in [0.1, 0.15) is 30.9 Å². The zero-order chi connectivity index (χ0) is 24.1. The van der Waals surface area contributed by atoms with Crippen LogP contribution in [0.2, 0.25) is 5.02 Å². The van der Waals surface area contributed by atoms with E-state index in [1.54, 1.807) is 29.1 Å². The Morgan fingerprint density at radius 1 is 1.03 bits per heavy atom. The summed E-state index contributed by atoms with van der Waals surface area (Å²) in [6.45, 7) is 4.22. The van der Waals surface area contributed by atoms with Crippen LogP contribution >= 0.6 is 11.6 Å². The van der Waals surface area contributed by atoms with E-state index < -0.39 is 5.91 Å². The van der Waals surface area contributed by atoms with E-state index in [0.29, 0.717) is 27.9 Å². The number of benzene rings is 3. The maximum atomic E-state index is 12.9. The molecule has 0 atom stereocenters. The number of aromatic nitrogens is 2. The fourth-order valence-electron chi connectivity index (χ4n) is 3.49. The Morgan fingerprint density at radius 3 is 2.32 bits per heavy atom. The van der Waals surface area contributed by atoms with E-state index in [4.69, 9.17) is 16.7 Å². The lowest BCUT2D eigenvalue weighted by Crippen LogP contribution is -2.13. The van der Waals surface area contributed by atoms with Crippen LogP contribution in [-0.2, 0) is 4.79 Å². The van der Waals surface area contributed by atoms with Gasteiger partial charge < -0.3 is 5.32 Å². The monoisotopic (exact) mass is 466 g/mol. The number of anilines is 1. The highest BCUT2D eigenvalue weighted by Crippen LogP contribution is 2.27. The number of nitriles is 1. The second-order valence-corrected chi connectivity index (χ2v) is 8.56. The Balaban J connectivity index is 1.70. The van der Waals surface area contributed by atoms with E-state index in [1.165, 1.54) is 5.56 Å². The van der Waals surface area contributed by atoms with E-state index in [-0.39, 0.29) is 5.57 Å². The maximum absolute atomic E-state index is 12.9. The van der Waals surface area contributed by atoms with Gasteiger partial charge in [-0.2, -0.15) is 10.4 Å². The number of nitrogens with one attached hydrogen (secondary N) is 1. The summed E-state index contributed by atoms with van der Waals surface area (Å²) in [4.78, 5) is 12.9. The van der Waals surface area contributed by atoms with Crippen molar-refractivity contribution in [2.24, 2.45) is 0 Å². The molecule has 0 fully saturated rings. The molecule has 168 valence electrons. The average molecular weight is 467 g/mol. The molecule has 0 radical (unpaired) electrons. The van der Waals surface area contributed by atoms with Gasteiger partial charge in [-0.1, -0.05) is 67.9 Å². The predicted octanol–water partition coefficient (Wildman–Crippen LogP) is 6.86. The number of carbonyl (C=O) groups excluding carboxylic acids is 1. The van der Waals surface area contributed by atoms with Gasteiger partial charge in [0.2, 0.25) is 0 Å². The highest BCUT2D eigenvalue weighted by atomic mass is 35.5. The number of halogens is 1. The van der Waals surface area contributed by atoms with Gasteiger partial charge in [0.1, 0.15) is 11.6 Å². The number of para-hydroxylation sites is 1. The van der Waals surface area contributed by atoms with E-state index in [0.717, 1.165) is 11.3 Å². The molecule has 1 heterocycles. The van der Waals surface area contributed by atoms with Gasteiger partial charge in [0.15, 0.2) is 0 Å². The molecule has 5 nitrogen and oxygen atoms in total. The van der Waals surface area contributed by atoms with Crippen molar-refractivity contribution in [2.45, 2.75) is 19.8 Å². The van der Waals surface area contributed by atoms with Gasteiger partial charge in [-0.25, -0.2) is 4.68 Å². The number of carbonyl (C=O) groups is 1. The minimum Gasteiger partial charge on any atom is -0.321 e. The van der Waals surface area contributed by atoms with E-state index in [2.05, 4.69) is 19.2 Å². The van der Waals surface area contributed by atoms with Gasteiger partial charge in [0, 0.05) is 28.0 Å². The summed E-state index contributed by atoms with van der Waals surface area (Å²) in [5.41, 5.74) is 4.77. The number of hydrogen-bond acceptors (Lipinski definition) is 3. The summed E-state index contributed by atoms with van der Waals surface area (Å²) in [7, 11) is 0. The molecule has 0 saturated carbocycles. The highest BCUT2D eigenvalue weighted by Gasteiger charge is 2.15. The van der Waals surface area contributed by atoms with E-state index in [1.807, 2.05) is 72.8 Å². The molecule has 1 aromatic heterocycles. The molecule has 34 heavy (non-hydrogen) atoms. The minimum absolute atomic E-state index is 0.0178. The third-order valence-electron chi connectivity index (χ3n) is 5.38. The SMILES string of the molecule is CC(C)c1ccc(NC(=O)/C(C#N)=C/c2cn(-c3ccccc3)nc2-c2ccc(Cl)cc2)cc1. The third-order valence-corrected chi connectivity index (χ3v) is 5.63. The Labute approximate surface area is 203 Å². The van der Waals surface area contributed by atoms with Gasteiger partial charge in [0.05, 0.1) is 11.4 Å². The molecule has 0 bridgehead atoms. The zero-order valence-corrected chi connectivity index (χ0v) is 19.6. The van der Waals surface area contributed by atoms with Crippen LogP contribution in [0.4, 0.5) is 5.69 Å². The number of amides is 1. The second-order valence-electron chi connectivity index (χ2n) is 8.12. The van der Waals surface area contributed by atoms with Gasteiger partial charge in [0.25, 0.3) is 5.91 Å². The van der Waals surface area contributed by atoms with Crippen molar-refractivity contribution in [3.63, 3.8) is 0 Å². The fourth-order valence-corrected chi connectivity index (χ4v) is 3.62. The average Bonchev–Trinajstić information content (AvgIpc) is 3.27. The smallest absolute Gasteiger partial charge is 0.266 e. The normalized spacial score (nSPS) is 11.3. The largest absolute Gasteiger partial charge is 0.321 e. The van der Waals surface area contributed by atoms with E-state index in [9.17, 15) is 10.1 Å². The predicted molar refractivity (Wildman–Crippen MR) is 137 cm³/mol. The summed E-state index contributed by atoms with van der Waals surface area (Å²) in [5.74, 6) is -0.0823. The first kappa shape index (κ1) is 23.0.